The summed E-state index contributed by atoms with van der Waals surface area (Å²) in [6, 6.07) is 16.9. The lowest BCUT2D eigenvalue weighted by atomic mass is 9.76. The van der Waals surface area contributed by atoms with Crippen LogP contribution < -0.4 is 5.32 Å². The first-order valence-electron chi connectivity index (χ1n) is 9.80. The van der Waals surface area contributed by atoms with Crippen LogP contribution in [0.4, 0.5) is 0 Å². The normalized spacial score (nSPS) is 15.9. The Morgan fingerprint density at radius 1 is 0.963 bits per heavy atom. The van der Waals surface area contributed by atoms with Crippen molar-refractivity contribution in [2.75, 3.05) is 6.54 Å². The Kier molecular flexibility index (Phi) is 6.64. The van der Waals surface area contributed by atoms with E-state index >= 15 is 0 Å². The first-order valence-corrected chi connectivity index (χ1v) is 9.80. The number of amides is 1. The average molecular weight is 365 g/mol. The summed E-state index contributed by atoms with van der Waals surface area (Å²) in [4.78, 5) is 23.9. The van der Waals surface area contributed by atoms with Crippen LogP contribution in [0.1, 0.15) is 59.5 Å². The molecule has 4 heteroatoms. The number of hydrogen-bond donors (Lipinski definition) is 2. The molecule has 0 radical (unpaired) electrons. The molecule has 142 valence electrons. The summed E-state index contributed by atoms with van der Waals surface area (Å²) in [5.74, 6) is -0.486. The van der Waals surface area contributed by atoms with Crippen LogP contribution in [0.25, 0.3) is 0 Å². The number of hydrogen-bond acceptors (Lipinski definition) is 2. The number of carboxylic acid groups (broad SMARTS) is 1. The van der Waals surface area contributed by atoms with Gasteiger partial charge in [0.15, 0.2) is 0 Å². The lowest BCUT2D eigenvalue weighted by Crippen LogP contribution is -2.35. The van der Waals surface area contributed by atoms with Crippen molar-refractivity contribution in [3.05, 3.63) is 71.3 Å². The third kappa shape index (κ3) is 5.19. The van der Waals surface area contributed by atoms with Crippen molar-refractivity contribution >= 4 is 11.9 Å². The second-order valence-electron chi connectivity index (χ2n) is 7.33. The van der Waals surface area contributed by atoms with Crippen LogP contribution in [0.2, 0.25) is 0 Å². The molecular weight excluding hydrogens is 338 g/mol. The van der Waals surface area contributed by atoms with Gasteiger partial charge in [-0.3, -0.25) is 4.79 Å². The Labute approximate surface area is 160 Å². The number of benzene rings is 2. The highest BCUT2D eigenvalue weighted by Gasteiger charge is 2.30. The maximum atomic E-state index is 13.0. The van der Waals surface area contributed by atoms with Gasteiger partial charge in [-0.1, -0.05) is 61.7 Å². The minimum Gasteiger partial charge on any atom is -0.478 e. The first kappa shape index (κ1) is 19.2. The minimum atomic E-state index is -0.923. The molecule has 27 heavy (non-hydrogen) atoms. The largest absolute Gasteiger partial charge is 0.478 e. The molecule has 0 aliphatic heterocycles. The van der Waals surface area contributed by atoms with Crippen LogP contribution in [0.5, 0.6) is 0 Å². The molecule has 1 aliphatic rings. The number of rotatable bonds is 7. The van der Waals surface area contributed by atoms with Crippen LogP contribution in [0.15, 0.2) is 54.6 Å². The Morgan fingerprint density at radius 2 is 1.63 bits per heavy atom. The Balaban J connectivity index is 1.61. The van der Waals surface area contributed by atoms with Gasteiger partial charge in [0, 0.05) is 6.54 Å². The van der Waals surface area contributed by atoms with Crippen LogP contribution in [-0.2, 0) is 11.2 Å². The molecule has 4 nitrogen and oxygen atoms in total. The molecule has 1 atom stereocenters. The number of carboxylic acids is 1. The van der Waals surface area contributed by atoms with Crippen LogP contribution in [0.3, 0.4) is 0 Å². The zero-order valence-electron chi connectivity index (χ0n) is 15.6. The van der Waals surface area contributed by atoms with E-state index in [0.29, 0.717) is 18.9 Å². The van der Waals surface area contributed by atoms with E-state index in [-0.39, 0.29) is 17.4 Å². The molecule has 2 aromatic carbocycles. The monoisotopic (exact) mass is 365 g/mol. The molecule has 1 amide bonds. The van der Waals surface area contributed by atoms with Gasteiger partial charge >= 0.3 is 5.97 Å². The lowest BCUT2D eigenvalue weighted by molar-refractivity contribution is -0.124. The van der Waals surface area contributed by atoms with Gasteiger partial charge in [0.2, 0.25) is 5.91 Å². The van der Waals surface area contributed by atoms with Gasteiger partial charge in [-0.15, -0.1) is 0 Å². The minimum absolute atomic E-state index is 0.0825. The van der Waals surface area contributed by atoms with Gasteiger partial charge in [-0.05, 0) is 48.4 Å². The van der Waals surface area contributed by atoms with Crippen molar-refractivity contribution < 1.29 is 14.7 Å². The van der Waals surface area contributed by atoms with Crippen LogP contribution in [0, 0.1) is 5.92 Å². The average Bonchev–Trinajstić information content (AvgIpc) is 2.70. The van der Waals surface area contributed by atoms with E-state index in [9.17, 15) is 9.59 Å². The predicted octanol–water partition coefficient (Wildman–Crippen LogP) is 4.41. The van der Waals surface area contributed by atoms with Gasteiger partial charge in [0.25, 0.3) is 0 Å². The Hall–Kier alpha value is -2.62. The van der Waals surface area contributed by atoms with Gasteiger partial charge < -0.3 is 10.4 Å². The Morgan fingerprint density at radius 3 is 2.26 bits per heavy atom. The highest BCUT2D eigenvalue weighted by atomic mass is 16.4. The molecule has 2 N–H and O–H groups in total. The summed E-state index contributed by atoms with van der Waals surface area (Å²) in [5.41, 5.74) is 2.41. The van der Waals surface area contributed by atoms with Crippen molar-refractivity contribution in [1.29, 1.82) is 0 Å². The molecule has 0 spiro atoms. The lowest BCUT2D eigenvalue weighted by Gasteiger charge is -2.30. The fraction of sp³-hybridized carbons (Fsp3) is 0.391. The summed E-state index contributed by atoms with van der Waals surface area (Å²) in [6.45, 7) is 0.557. The van der Waals surface area contributed by atoms with E-state index < -0.39 is 5.97 Å². The van der Waals surface area contributed by atoms with Crippen LogP contribution >= 0.6 is 0 Å². The molecule has 0 saturated heterocycles. The number of nitrogens with one attached hydrogen (secondary N) is 1. The van der Waals surface area contributed by atoms with Crippen molar-refractivity contribution in [3.8, 4) is 0 Å². The second-order valence-corrected chi connectivity index (χ2v) is 7.33. The zero-order valence-corrected chi connectivity index (χ0v) is 15.6. The molecule has 1 unspecified atom stereocenters. The molecule has 0 heterocycles. The molecule has 0 aromatic heterocycles. The van der Waals surface area contributed by atoms with E-state index in [4.69, 9.17) is 5.11 Å². The molecule has 1 saturated carbocycles. The fourth-order valence-corrected chi connectivity index (χ4v) is 4.02. The molecular formula is C23H27NO3. The first-order chi connectivity index (χ1) is 13.1. The van der Waals surface area contributed by atoms with Gasteiger partial charge in [-0.25, -0.2) is 4.79 Å². The molecule has 0 bridgehead atoms. The van der Waals surface area contributed by atoms with Crippen molar-refractivity contribution in [2.24, 2.45) is 5.92 Å². The van der Waals surface area contributed by atoms with E-state index in [1.54, 1.807) is 12.1 Å². The number of aromatic carboxylic acids is 1. The van der Waals surface area contributed by atoms with Gasteiger partial charge in [-0.2, -0.15) is 0 Å². The smallest absolute Gasteiger partial charge is 0.335 e. The summed E-state index contributed by atoms with van der Waals surface area (Å²) in [6.07, 6.45) is 6.60. The molecule has 2 aromatic rings. The molecule has 1 aliphatic carbocycles. The second kappa shape index (κ2) is 9.36. The maximum absolute atomic E-state index is 13.0. The topological polar surface area (TPSA) is 66.4 Å². The Bertz CT molecular complexity index is 749. The highest BCUT2D eigenvalue weighted by Crippen LogP contribution is 2.36. The van der Waals surface area contributed by atoms with E-state index in [1.165, 1.54) is 19.3 Å². The standard InChI is InChI=1S/C23H27NO3/c25-22(24-16-15-17-11-13-20(14-12-17)23(26)27)21(18-7-3-1-4-8-18)19-9-5-2-6-10-19/h1,3-4,7-8,11-14,19,21H,2,5-6,9-10,15-16H2,(H,24,25)(H,26,27). The predicted molar refractivity (Wildman–Crippen MR) is 106 cm³/mol. The maximum Gasteiger partial charge on any atom is 0.335 e. The quantitative estimate of drug-likeness (QED) is 0.764. The summed E-state index contributed by atoms with van der Waals surface area (Å²) in [7, 11) is 0. The number of carbonyl (C=O) groups excluding carboxylic acids is 1. The summed E-state index contributed by atoms with van der Waals surface area (Å²) in [5, 5.41) is 12.1. The molecule has 3 rings (SSSR count). The third-order valence-electron chi connectivity index (χ3n) is 5.48. The van der Waals surface area contributed by atoms with Gasteiger partial charge in [0.1, 0.15) is 0 Å². The van der Waals surface area contributed by atoms with Crippen molar-refractivity contribution in [3.63, 3.8) is 0 Å². The fourth-order valence-electron chi connectivity index (χ4n) is 4.02. The van der Waals surface area contributed by atoms with E-state index in [2.05, 4.69) is 17.4 Å². The van der Waals surface area contributed by atoms with Crippen LogP contribution in [-0.4, -0.2) is 23.5 Å². The van der Waals surface area contributed by atoms with Gasteiger partial charge in [0.05, 0.1) is 11.5 Å². The van der Waals surface area contributed by atoms with E-state index in [1.807, 2.05) is 30.3 Å². The van der Waals surface area contributed by atoms with Crippen molar-refractivity contribution in [1.82, 2.24) is 5.32 Å². The molecule has 1 fully saturated rings. The third-order valence-corrected chi connectivity index (χ3v) is 5.48. The summed E-state index contributed by atoms with van der Waals surface area (Å²) >= 11 is 0. The van der Waals surface area contributed by atoms with Crippen molar-refractivity contribution in [2.45, 2.75) is 44.4 Å². The zero-order chi connectivity index (χ0) is 19.1. The highest BCUT2D eigenvalue weighted by molar-refractivity contribution is 5.87. The number of carbonyl (C=O) groups is 2. The summed E-state index contributed by atoms with van der Waals surface area (Å²) < 4.78 is 0. The van der Waals surface area contributed by atoms with E-state index in [0.717, 1.165) is 24.0 Å². The SMILES string of the molecule is O=C(O)c1ccc(CCNC(=O)C(c2ccccc2)C2CCCCC2)cc1.